The van der Waals surface area contributed by atoms with E-state index in [0.717, 1.165) is 12.8 Å². The third-order valence-electron chi connectivity index (χ3n) is 2.65. The minimum Gasteiger partial charge on any atom is -0.0891 e. The van der Waals surface area contributed by atoms with Crippen LogP contribution in [-0.4, -0.2) is 8.07 Å². The fourth-order valence-corrected chi connectivity index (χ4v) is 3.26. The molecule has 0 unspecified atom stereocenters. The zero-order chi connectivity index (χ0) is 11.3. The van der Waals surface area contributed by atoms with Crippen LogP contribution in [0.5, 0.6) is 0 Å². The van der Waals surface area contributed by atoms with Crippen LogP contribution in [-0.2, 0) is 6.42 Å². The summed E-state index contributed by atoms with van der Waals surface area (Å²) in [6.45, 7) is 9.51. The summed E-state index contributed by atoms with van der Waals surface area (Å²) in [4.78, 5) is 0. The average molecular weight is 218 g/mol. The summed E-state index contributed by atoms with van der Waals surface area (Å²) < 4.78 is 0. The Morgan fingerprint density at radius 1 is 1.13 bits per heavy atom. The number of rotatable bonds is 4. The summed E-state index contributed by atoms with van der Waals surface area (Å²) in [5, 5.41) is 1.68. The molecule has 1 aromatic rings. The molecule has 0 aliphatic rings. The molecule has 1 rings (SSSR count). The van der Waals surface area contributed by atoms with Gasteiger partial charge in [-0.2, -0.15) is 0 Å². The number of hydrogen-bond donors (Lipinski definition) is 0. The lowest BCUT2D eigenvalue weighted by Gasteiger charge is -2.21. The van der Waals surface area contributed by atoms with Gasteiger partial charge in [0, 0.05) is 0 Å². The van der Waals surface area contributed by atoms with E-state index in [9.17, 15) is 0 Å². The van der Waals surface area contributed by atoms with Crippen molar-refractivity contribution >= 4 is 8.07 Å². The van der Waals surface area contributed by atoms with E-state index < -0.39 is 8.07 Å². The molecule has 0 amide bonds. The van der Waals surface area contributed by atoms with Gasteiger partial charge in [0.25, 0.3) is 0 Å². The van der Waals surface area contributed by atoms with E-state index in [1.165, 1.54) is 5.56 Å². The highest BCUT2D eigenvalue weighted by Crippen LogP contribution is 2.20. The molecule has 0 saturated carbocycles. The second-order valence-electron chi connectivity index (χ2n) is 5.05. The van der Waals surface area contributed by atoms with Gasteiger partial charge in [-0.3, -0.25) is 0 Å². The molecule has 0 bridgehead atoms. The third kappa shape index (κ3) is 4.04. The smallest absolute Gasteiger partial charge is 0.0724 e. The lowest BCUT2D eigenvalue weighted by atomic mass is 10.1. The van der Waals surface area contributed by atoms with Gasteiger partial charge in [-0.15, -0.1) is 0 Å². The van der Waals surface area contributed by atoms with E-state index in [2.05, 4.69) is 63.0 Å². The van der Waals surface area contributed by atoms with Crippen molar-refractivity contribution in [2.24, 2.45) is 0 Å². The molecule has 0 radical (unpaired) electrons. The van der Waals surface area contributed by atoms with Gasteiger partial charge in [0.15, 0.2) is 0 Å². The Kier molecular flexibility index (Phi) is 4.34. The van der Waals surface area contributed by atoms with Crippen molar-refractivity contribution in [3.05, 3.63) is 47.2 Å². The monoisotopic (exact) mass is 218 g/mol. The maximum absolute atomic E-state index is 2.43. The minimum atomic E-state index is -1.13. The minimum absolute atomic E-state index is 1.13. The first kappa shape index (κ1) is 12.2. The molecule has 1 heteroatoms. The molecule has 0 fully saturated rings. The van der Waals surface area contributed by atoms with E-state index in [-0.39, 0.29) is 0 Å². The molecular formula is C14H22Si. The number of allylic oxidation sites excluding steroid dienone is 2. The third-order valence-corrected chi connectivity index (χ3v) is 4.96. The van der Waals surface area contributed by atoms with Crippen LogP contribution in [0.4, 0.5) is 0 Å². The highest BCUT2D eigenvalue weighted by molar-refractivity contribution is 6.83. The van der Waals surface area contributed by atoms with Gasteiger partial charge >= 0.3 is 0 Å². The zero-order valence-electron chi connectivity index (χ0n) is 10.4. The summed E-state index contributed by atoms with van der Waals surface area (Å²) in [7, 11) is -1.13. The van der Waals surface area contributed by atoms with Crippen LogP contribution in [0.1, 0.15) is 18.9 Å². The molecule has 0 heterocycles. The molecular weight excluding hydrogens is 196 g/mol. The normalized spacial score (nSPS) is 12.9. The van der Waals surface area contributed by atoms with E-state index >= 15 is 0 Å². The Bertz CT molecular complexity index is 317. The van der Waals surface area contributed by atoms with Crippen LogP contribution < -0.4 is 0 Å². The second-order valence-corrected chi connectivity index (χ2v) is 10.2. The summed E-state index contributed by atoms with van der Waals surface area (Å²) >= 11 is 0. The van der Waals surface area contributed by atoms with Crippen LogP contribution >= 0.6 is 0 Å². The molecule has 15 heavy (non-hydrogen) atoms. The van der Waals surface area contributed by atoms with Crippen molar-refractivity contribution in [3.63, 3.8) is 0 Å². The van der Waals surface area contributed by atoms with Gasteiger partial charge in [0.1, 0.15) is 0 Å². The summed E-state index contributed by atoms with van der Waals surface area (Å²) in [5.41, 5.74) is 1.44. The Morgan fingerprint density at radius 3 is 2.20 bits per heavy atom. The van der Waals surface area contributed by atoms with Gasteiger partial charge in [0.05, 0.1) is 8.07 Å². The topological polar surface area (TPSA) is 0 Å². The Labute approximate surface area is 95.0 Å². The molecule has 0 aromatic heterocycles. The van der Waals surface area contributed by atoms with Gasteiger partial charge < -0.3 is 0 Å². The number of benzene rings is 1. The van der Waals surface area contributed by atoms with Gasteiger partial charge in [-0.05, 0) is 18.4 Å². The fraction of sp³-hybridized carbons (Fsp3) is 0.429. The molecule has 0 spiro atoms. The van der Waals surface area contributed by atoms with Gasteiger partial charge in [0.2, 0.25) is 0 Å². The lowest BCUT2D eigenvalue weighted by molar-refractivity contribution is 1.14. The van der Waals surface area contributed by atoms with Crippen molar-refractivity contribution < 1.29 is 0 Å². The van der Waals surface area contributed by atoms with Crippen LogP contribution in [0.15, 0.2) is 41.6 Å². The maximum Gasteiger partial charge on any atom is 0.0724 e. The largest absolute Gasteiger partial charge is 0.0891 e. The van der Waals surface area contributed by atoms with Gasteiger partial charge in [-0.25, -0.2) is 0 Å². The fourth-order valence-electron chi connectivity index (χ4n) is 1.71. The average Bonchev–Trinajstić information content (AvgIpc) is 2.17. The van der Waals surface area contributed by atoms with Crippen LogP contribution in [0.2, 0.25) is 19.6 Å². The summed E-state index contributed by atoms with van der Waals surface area (Å²) in [6.07, 6.45) is 4.73. The first-order valence-corrected chi connectivity index (χ1v) is 9.27. The van der Waals surface area contributed by atoms with Crippen molar-refractivity contribution in [2.45, 2.75) is 39.4 Å². The van der Waals surface area contributed by atoms with E-state index in [1.54, 1.807) is 5.20 Å². The van der Waals surface area contributed by atoms with Gasteiger partial charge in [-0.1, -0.05) is 68.2 Å². The molecule has 0 atom stereocenters. The highest BCUT2D eigenvalue weighted by Gasteiger charge is 2.18. The Morgan fingerprint density at radius 2 is 1.73 bits per heavy atom. The molecule has 82 valence electrons. The second kappa shape index (κ2) is 5.31. The van der Waals surface area contributed by atoms with E-state index in [4.69, 9.17) is 0 Å². The quantitative estimate of drug-likeness (QED) is 0.655. The summed E-state index contributed by atoms with van der Waals surface area (Å²) in [6, 6.07) is 10.8. The van der Waals surface area contributed by atoms with E-state index in [1.807, 2.05) is 0 Å². The number of hydrogen-bond acceptors (Lipinski definition) is 0. The first-order valence-electron chi connectivity index (χ1n) is 5.77. The molecule has 0 aliphatic heterocycles. The first-order chi connectivity index (χ1) is 7.04. The SMILES string of the molecule is CC/C=C(/Cc1ccccc1)[Si](C)(C)C. The Balaban J connectivity index is 2.82. The van der Waals surface area contributed by atoms with Crippen molar-refractivity contribution in [2.75, 3.05) is 0 Å². The van der Waals surface area contributed by atoms with Crippen molar-refractivity contribution in [3.8, 4) is 0 Å². The highest BCUT2D eigenvalue weighted by atomic mass is 28.3. The predicted molar refractivity (Wildman–Crippen MR) is 71.9 cm³/mol. The Hall–Kier alpha value is -0.823. The molecule has 0 saturated heterocycles. The maximum atomic E-state index is 2.43. The molecule has 1 aromatic carbocycles. The zero-order valence-corrected chi connectivity index (χ0v) is 11.4. The molecule has 0 nitrogen and oxygen atoms in total. The van der Waals surface area contributed by atoms with Crippen molar-refractivity contribution in [1.29, 1.82) is 0 Å². The predicted octanol–water partition coefficient (Wildman–Crippen LogP) is 4.44. The van der Waals surface area contributed by atoms with Crippen LogP contribution in [0, 0.1) is 0 Å². The van der Waals surface area contributed by atoms with Crippen LogP contribution in [0.3, 0.4) is 0 Å². The van der Waals surface area contributed by atoms with Crippen molar-refractivity contribution in [1.82, 2.24) is 0 Å². The standard InChI is InChI=1S/C14H22Si/c1-5-9-14(15(2,3)4)12-13-10-7-6-8-11-13/h6-11H,5,12H2,1-4H3/b14-9-. The lowest BCUT2D eigenvalue weighted by Crippen LogP contribution is -2.25. The summed E-state index contributed by atoms with van der Waals surface area (Å²) in [5.74, 6) is 0. The molecule has 0 N–H and O–H groups in total. The molecule has 0 aliphatic carbocycles. The van der Waals surface area contributed by atoms with Crippen LogP contribution in [0.25, 0.3) is 0 Å². The van der Waals surface area contributed by atoms with E-state index in [0.29, 0.717) is 0 Å².